The molecule has 0 fully saturated rings. The molecule has 2 heterocycles. The summed E-state index contributed by atoms with van der Waals surface area (Å²) in [7, 11) is 0. The summed E-state index contributed by atoms with van der Waals surface area (Å²) in [6, 6.07) is 4.04. The van der Waals surface area contributed by atoms with Gasteiger partial charge in [0.1, 0.15) is 0 Å². The number of pyridine rings is 1. The Morgan fingerprint density at radius 1 is 1.54 bits per heavy atom. The van der Waals surface area contributed by atoms with Gasteiger partial charge in [-0.2, -0.15) is 5.10 Å². The normalized spacial score (nSPS) is 11.5. The van der Waals surface area contributed by atoms with E-state index < -0.39 is 0 Å². The van der Waals surface area contributed by atoms with E-state index in [1.54, 1.807) is 6.21 Å². The molecule has 3 nitrogen and oxygen atoms in total. The van der Waals surface area contributed by atoms with E-state index in [1.807, 2.05) is 37.0 Å². The van der Waals surface area contributed by atoms with E-state index in [0.717, 1.165) is 16.6 Å². The molecule has 0 saturated carbocycles. The third kappa shape index (κ3) is 1.33. The molecule has 0 N–H and O–H groups in total. The van der Waals surface area contributed by atoms with Crippen molar-refractivity contribution < 1.29 is 0 Å². The molecule has 13 heavy (non-hydrogen) atoms. The molecule has 0 radical (unpaired) electrons. The number of rotatable bonds is 1. The van der Waals surface area contributed by atoms with Crippen LogP contribution in [0.25, 0.3) is 11.0 Å². The van der Waals surface area contributed by atoms with Crippen molar-refractivity contribution in [3.63, 3.8) is 0 Å². The second-order valence-electron chi connectivity index (χ2n) is 2.95. The molecule has 2 aromatic rings. The molecule has 3 heteroatoms. The highest BCUT2D eigenvalue weighted by Gasteiger charge is 1.99. The number of aromatic nitrogens is 2. The highest BCUT2D eigenvalue weighted by Crippen LogP contribution is 2.13. The number of hydrogen-bond acceptors (Lipinski definition) is 2. The summed E-state index contributed by atoms with van der Waals surface area (Å²) in [5.74, 6) is 0. The quantitative estimate of drug-likeness (QED) is 0.608. The third-order valence-electron chi connectivity index (χ3n) is 1.89. The van der Waals surface area contributed by atoms with Crippen LogP contribution in [0.2, 0.25) is 0 Å². The predicted molar refractivity (Wildman–Crippen MR) is 54.0 cm³/mol. The first-order chi connectivity index (χ1) is 6.31. The molecule has 0 aliphatic heterocycles. The zero-order valence-electron chi connectivity index (χ0n) is 7.73. The maximum absolute atomic E-state index is 4.29. The first-order valence-corrected chi connectivity index (χ1v) is 4.24. The van der Waals surface area contributed by atoms with Crippen LogP contribution in [0.3, 0.4) is 0 Å². The Bertz CT molecular complexity index is 454. The van der Waals surface area contributed by atoms with Crippen LogP contribution in [-0.2, 0) is 0 Å². The van der Waals surface area contributed by atoms with Gasteiger partial charge < -0.3 is 0 Å². The van der Waals surface area contributed by atoms with Gasteiger partial charge in [0.05, 0.1) is 11.0 Å². The van der Waals surface area contributed by atoms with Crippen molar-refractivity contribution in [1.82, 2.24) is 9.66 Å². The van der Waals surface area contributed by atoms with Gasteiger partial charge in [0.25, 0.3) is 0 Å². The van der Waals surface area contributed by atoms with E-state index in [9.17, 15) is 0 Å². The van der Waals surface area contributed by atoms with Crippen molar-refractivity contribution in [2.45, 2.75) is 13.8 Å². The monoisotopic (exact) mass is 173 g/mol. The van der Waals surface area contributed by atoms with Crippen molar-refractivity contribution in [3.05, 3.63) is 30.1 Å². The topological polar surface area (TPSA) is 30.2 Å². The number of hydrogen-bond donors (Lipinski definition) is 0. The molecule has 0 saturated heterocycles. The Labute approximate surface area is 76.7 Å². The van der Waals surface area contributed by atoms with Gasteiger partial charge in [0, 0.05) is 18.6 Å². The van der Waals surface area contributed by atoms with Crippen LogP contribution in [0.15, 0.2) is 29.6 Å². The van der Waals surface area contributed by atoms with Crippen molar-refractivity contribution in [3.8, 4) is 0 Å². The minimum Gasteiger partial charge on any atom is -0.254 e. The van der Waals surface area contributed by atoms with Crippen LogP contribution in [-0.4, -0.2) is 15.9 Å². The van der Waals surface area contributed by atoms with Gasteiger partial charge >= 0.3 is 0 Å². The average molecular weight is 173 g/mol. The van der Waals surface area contributed by atoms with Crippen LogP contribution in [0.5, 0.6) is 0 Å². The Kier molecular flexibility index (Phi) is 1.85. The molecule has 0 unspecified atom stereocenters. The molecule has 0 bridgehead atoms. The van der Waals surface area contributed by atoms with Crippen LogP contribution >= 0.6 is 0 Å². The number of nitrogens with zero attached hydrogens (tertiary/aromatic N) is 3. The standard InChI is InChI=1S/C10H11N3/c1-3-12-13-5-4-9-10(13)6-8(2)7-11-9/h3-7H,1-2H3. The number of aryl methyl sites for hydroxylation is 1. The lowest BCUT2D eigenvalue weighted by atomic mass is 10.3. The maximum atomic E-state index is 4.29. The van der Waals surface area contributed by atoms with E-state index in [0.29, 0.717) is 0 Å². The molecular formula is C10H11N3. The smallest absolute Gasteiger partial charge is 0.0905 e. The van der Waals surface area contributed by atoms with Crippen LogP contribution in [0.1, 0.15) is 12.5 Å². The summed E-state index contributed by atoms with van der Waals surface area (Å²) in [4.78, 5) is 4.29. The Balaban J connectivity index is 2.71. The summed E-state index contributed by atoms with van der Waals surface area (Å²) in [6.45, 7) is 3.93. The summed E-state index contributed by atoms with van der Waals surface area (Å²) in [5, 5.41) is 4.19. The van der Waals surface area contributed by atoms with Gasteiger partial charge in [0.15, 0.2) is 0 Å². The molecule has 0 spiro atoms. The first kappa shape index (κ1) is 7.98. The van der Waals surface area contributed by atoms with Crippen LogP contribution in [0, 0.1) is 6.92 Å². The lowest BCUT2D eigenvalue weighted by Gasteiger charge is -1.96. The summed E-state index contributed by atoms with van der Waals surface area (Å²) in [6.07, 6.45) is 5.54. The molecular weight excluding hydrogens is 162 g/mol. The Hall–Kier alpha value is -1.64. The maximum Gasteiger partial charge on any atom is 0.0905 e. The SMILES string of the molecule is CC=Nn1ccc2ncc(C)cc21. The van der Waals surface area contributed by atoms with E-state index >= 15 is 0 Å². The largest absolute Gasteiger partial charge is 0.254 e. The van der Waals surface area contributed by atoms with Gasteiger partial charge in [-0.25, -0.2) is 4.68 Å². The van der Waals surface area contributed by atoms with Crippen molar-refractivity contribution in [2.75, 3.05) is 0 Å². The molecule has 0 aliphatic carbocycles. The summed E-state index contributed by atoms with van der Waals surface area (Å²) < 4.78 is 1.83. The van der Waals surface area contributed by atoms with E-state index in [-0.39, 0.29) is 0 Å². The fourth-order valence-corrected chi connectivity index (χ4v) is 1.32. The third-order valence-corrected chi connectivity index (χ3v) is 1.89. The van der Waals surface area contributed by atoms with Crippen molar-refractivity contribution >= 4 is 17.2 Å². The fraction of sp³-hybridized carbons (Fsp3) is 0.200. The molecule has 66 valence electrons. The van der Waals surface area contributed by atoms with Gasteiger partial charge in [-0.3, -0.25) is 4.98 Å². The van der Waals surface area contributed by atoms with Crippen LogP contribution in [0.4, 0.5) is 0 Å². The van der Waals surface area contributed by atoms with Crippen molar-refractivity contribution in [1.29, 1.82) is 0 Å². The molecule has 0 aromatic carbocycles. The second-order valence-corrected chi connectivity index (χ2v) is 2.95. The second kappa shape index (κ2) is 3.01. The Morgan fingerprint density at radius 2 is 2.38 bits per heavy atom. The highest BCUT2D eigenvalue weighted by molar-refractivity contribution is 5.76. The van der Waals surface area contributed by atoms with Gasteiger partial charge in [-0.05, 0) is 31.5 Å². The minimum absolute atomic E-state index is 0.983. The molecule has 0 atom stereocenters. The number of fused-ring (bicyclic) bond motifs is 1. The Morgan fingerprint density at radius 3 is 3.15 bits per heavy atom. The lowest BCUT2D eigenvalue weighted by Crippen LogP contribution is -1.86. The van der Waals surface area contributed by atoms with Gasteiger partial charge in [0.2, 0.25) is 0 Å². The van der Waals surface area contributed by atoms with Gasteiger partial charge in [-0.15, -0.1) is 0 Å². The first-order valence-electron chi connectivity index (χ1n) is 4.24. The van der Waals surface area contributed by atoms with E-state index in [1.165, 1.54) is 0 Å². The highest BCUT2D eigenvalue weighted by atomic mass is 15.3. The molecule has 0 amide bonds. The zero-order chi connectivity index (χ0) is 9.26. The summed E-state index contributed by atoms with van der Waals surface area (Å²) in [5.41, 5.74) is 3.19. The molecule has 2 rings (SSSR count). The molecule has 0 aliphatic rings. The molecule has 2 aromatic heterocycles. The zero-order valence-corrected chi connectivity index (χ0v) is 7.73. The van der Waals surface area contributed by atoms with Crippen LogP contribution < -0.4 is 0 Å². The average Bonchev–Trinajstić information content (AvgIpc) is 2.49. The van der Waals surface area contributed by atoms with E-state index in [4.69, 9.17) is 0 Å². The minimum atomic E-state index is 0.983. The predicted octanol–water partition coefficient (Wildman–Crippen LogP) is 2.20. The van der Waals surface area contributed by atoms with Crippen molar-refractivity contribution in [2.24, 2.45) is 5.10 Å². The fourth-order valence-electron chi connectivity index (χ4n) is 1.32. The lowest BCUT2D eigenvalue weighted by molar-refractivity contribution is 0.930. The summed E-state index contributed by atoms with van der Waals surface area (Å²) >= 11 is 0. The van der Waals surface area contributed by atoms with E-state index in [2.05, 4.69) is 16.2 Å². The van der Waals surface area contributed by atoms with Gasteiger partial charge in [-0.1, -0.05) is 0 Å².